The molecule has 1 aliphatic heterocycles. The van der Waals surface area contributed by atoms with Crippen LogP contribution in [-0.2, 0) is 6.61 Å². The van der Waals surface area contributed by atoms with Crippen LogP contribution in [-0.4, -0.2) is 18.7 Å². The minimum Gasteiger partial charge on any atom is -0.459 e. The van der Waals surface area contributed by atoms with Crippen molar-refractivity contribution in [3.63, 3.8) is 0 Å². The van der Waals surface area contributed by atoms with Crippen molar-refractivity contribution in [3.05, 3.63) is 163 Å². The van der Waals surface area contributed by atoms with E-state index in [1.165, 1.54) is 60.4 Å². The molecule has 5 nitrogen and oxygen atoms in total. The number of fused-ring (bicyclic) bond motifs is 11. The third-order valence-corrected chi connectivity index (χ3v) is 10.1. The quantitative estimate of drug-likeness (QED) is 0.195. The molecular weight excluding hydrogens is 601 g/mol. The summed E-state index contributed by atoms with van der Waals surface area (Å²) in [5.41, 5.74) is 13.7. The first-order chi connectivity index (χ1) is 24.3. The molecule has 0 amide bonds. The second kappa shape index (κ2) is 9.96. The van der Waals surface area contributed by atoms with Gasteiger partial charge in [-0.3, -0.25) is 4.57 Å². The van der Waals surface area contributed by atoms with Crippen LogP contribution in [0.4, 0.5) is 0 Å². The number of hydrogen-bond donors (Lipinski definition) is 0. The van der Waals surface area contributed by atoms with Crippen LogP contribution in [0, 0.1) is 0 Å². The smallest absolute Gasteiger partial charge is 0.302 e. The highest BCUT2D eigenvalue weighted by Crippen LogP contribution is 2.39. The molecule has 7 aromatic carbocycles. The largest absolute Gasteiger partial charge is 0.459 e. The Hall–Kier alpha value is -6.59. The summed E-state index contributed by atoms with van der Waals surface area (Å²) in [6, 6.07) is 57.4. The second-order valence-corrected chi connectivity index (χ2v) is 12.8. The van der Waals surface area contributed by atoms with E-state index in [0.717, 1.165) is 28.0 Å². The SMILES string of the molecule is c1ccc(-n2c3ccccc3c3cc(-c4ccc5c(c4)c4ccccc4n5-c4ccc5c(c4)COc4nc6ccccc6n4-5)ccc32)cc1. The number of para-hydroxylation sites is 5. The minimum atomic E-state index is 0.483. The number of benzene rings is 7. The molecule has 49 heavy (non-hydrogen) atoms. The first-order valence-corrected chi connectivity index (χ1v) is 16.7. The molecule has 0 saturated carbocycles. The van der Waals surface area contributed by atoms with Gasteiger partial charge < -0.3 is 13.9 Å². The van der Waals surface area contributed by atoms with Gasteiger partial charge in [0.25, 0.3) is 0 Å². The van der Waals surface area contributed by atoms with Crippen molar-refractivity contribution in [1.82, 2.24) is 18.7 Å². The summed E-state index contributed by atoms with van der Waals surface area (Å²) in [6.45, 7) is 0.483. The van der Waals surface area contributed by atoms with Crippen molar-refractivity contribution in [1.29, 1.82) is 0 Å². The fourth-order valence-electron chi connectivity index (χ4n) is 7.96. The zero-order chi connectivity index (χ0) is 32.1. The third-order valence-electron chi connectivity index (χ3n) is 10.1. The van der Waals surface area contributed by atoms with Gasteiger partial charge in [0, 0.05) is 38.5 Å². The normalized spacial score (nSPS) is 12.6. The van der Waals surface area contributed by atoms with E-state index in [0.29, 0.717) is 12.6 Å². The molecule has 0 bridgehead atoms. The number of aromatic nitrogens is 4. The average Bonchev–Trinajstić information content (AvgIpc) is 3.82. The zero-order valence-corrected chi connectivity index (χ0v) is 26.4. The summed E-state index contributed by atoms with van der Waals surface area (Å²) in [5.74, 6) is 0. The lowest BCUT2D eigenvalue weighted by Crippen LogP contribution is -2.13. The fraction of sp³-hybridized carbons (Fsp3) is 0.0227. The summed E-state index contributed by atoms with van der Waals surface area (Å²) in [7, 11) is 0. The average molecular weight is 629 g/mol. The molecule has 230 valence electrons. The maximum atomic E-state index is 6.17. The van der Waals surface area contributed by atoms with Crippen molar-refractivity contribution >= 4 is 54.6 Å². The van der Waals surface area contributed by atoms with Gasteiger partial charge in [-0.15, -0.1) is 0 Å². The van der Waals surface area contributed by atoms with Crippen molar-refractivity contribution in [2.24, 2.45) is 0 Å². The summed E-state index contributed by atoms with van der Waals surface area (Å²) in [4.78, 5) is 4.72. The van der Waals surface area contributed by atoms with Crippen LogP contribution >= 0.6 is 0 Å². The van der Waals surface area contributed by atoms with E-state index >= 15 is 0 Å². The summed E-state index contributed by atoms with van der Waals surface area (Å²) < 4.78 is 13.0. The van der Waals surface area contributed by atoms with E-state index < -0.39 is 0 Å². The van der Waals surface area contributed by atoms with E-state index in [1.807, 2.05) is 18.2 Å². The number of nitrogens with zero attached hydrogens (tertiary/aromatic N) is 4. The Morgan fingerprint density at radius 3 is 1.69 bits per heavy atom. The molecular formula is C44H28N4O. The van der Waals surface area contributed by atoms with Crippen molar-refractivity contribution < 1.29 is 4.74 Å². The van der Waals surface area contributed by atoms with Crippen LogP contribution in [0.2, 0.25) is 0 Å². The second-order valence-electron chi connectivity index (χ2n) is 12.8. The summed E-state index contributed by atoms with van der Waals surface area (Å²) >= 11 is 0. The number of rotatable bonds is 3. The molecule has 4 heterocycles. The molecule has 0 spiro atoms. The van der Waals surface area contributed by atoms with Gasteiger partial charge in [0.2, 0.25) is 0 Å². The van der Waals surface area contributed by atoms with Gasteiger partial charge in [0.1, 0.15) is 6.61 Å². The van der Waals surface area contributed by atoms with Crippen LogP contribution in [0.3, 0.4) is 0 Å². The Morgan fingerprint density at radius 1 is 0.429 bits per heavy atom. The molecule has 11 rings (SSSR count). The zero-order valence-electron chi connectivity index (χ0n) is 26.4. The topological polar surface area (TPSA) is 36.9 Å². The summed E-state index contributed by atoms with van der Waals surface area (Å²) in [6.07, 6.45) is 0. The Bertz CT molecular complexity index is 2940. The molecule has 0 atom stereocenters. The molecule has 0 N–H and O–H groups in total. The Morgan fingerprint density at radius 2 is 1.00 bits per heavy atom. The predicted molar refractivity (Wildman–Crippen MR) is 200 cm³/mol. The highest BCUT2D eigenvalue weighted by molar-refractivity contribution is 6.12. The molecule has 0 radical (unpaired) electrons. The highest BCUT2D eigenvalue weighted by atomic mass is 16.5. The third kappa shape index (κ3) is 3.78. The standard InChI is InChI=1S/C44H28N4O/c1-2-10-31(11-3-1)46-39-15-7-4-12-33(39)35-25-28(18-21-41(35)46)29-19-22-42-36(26-29)34-13-5-8-16-40(34)47(42)32-20-23-38-30(24-32)27-49-44-45-37-14-6-9-17-43(37)48(38)44/h1-26H,27H2. The highest BCUT2D eigenvalue weighted by Gasteiger charge is 2.23. The van der Waals surface area contributed by atoms with E-state index in [9.17, 15) is 0 Å². The maximum Gasteiger partial charge on any atom is 0.302 e. The molecule has 3 aromatic heterocycles. The first-order valence-electron chi connectivity index (χ1n) is 16.7. The number of imidazole rings is 1. The first kappa shape index (κ1) is 26.5. The molecule has 0 fully saturated rings. The molecule has 5 heteroatoms. The lowest BCUT2D eigenvalue weighted by atomic mass is 10.0. The molecule has 0 aliphatic carbocycles. The van der Waals surface area contributed by atoms with Gasteiger partial charge in [0.05, 0.1) is 38.8 Å². The van der Waals surface area contributed by atoms with E-state index in [2.05, 4.69) is 153 Å². The monoisotopic (exact) mass is 628 g/mol. The van der Waals surface area contributed by atoms with Crippen LogP contribution < -0.4 is 4.74 Å². The minimum absolute atomic E-state index is 0.483. The van der Waals surface area contributed by atoms with Crippen LogP contribution in [0.1, 0.15) is 5.56 Å². The Kier molecular flexibility index (Phi) is 5.38. The molecule has 10 aromatic rings. The van der Waals surface area contributed by atoms with Crippen molar-refractivity contribution in [2.45, 2.75) is 6.61 Å². The van der Waals surface area contributed by atoms with Gasteiger partial charge in [-0.05, 0) is 90.0 Å². The van der Waals surface area contributed by atoms with Crippen LogP contribution in [0.25, 0.3) is 82.8 Å². The van der Waals surface area contributed by atoms with Gasteiger partial charge in [-0.1, -0.05) is 78.9 Å². The fourth-order valence-corrected chi connectivity index (χ4v) is 7.96. The number of hydrogen-bond acceptors (Lipinski definition) is 2. The number of ether oxygens (including phenoxy) is 1. The van der Waals surface area contributed by atoms with Gasteiger partial charge in [-0.25, -0.2) is 0 Å². The van der Waals surface area contributed by atoms with E-state index in [4.69, 9.17) is 9.72 Å². The molecule has 0 unspecified atom stereocenters. The molecule has 0 saturated heterocycles. The Balaban J connectivity index is 1.07. The van der Waals surface area contributed by atoms with Gasteiger partial charge in [-0.2, -0.15) is 4.98 Å². The van der Waals surface area contributed by atoms with Crippen LogP contribution in [0.15, 0.2) is 158 Å². The lowest BCUT2D eigenvalue weighted by Gasteiger charge is -2.21. The van der Waals surface area contributed by atoms with E-state index in [-0.39, 0.29) is 0 Å². The van der Waals surface area contributed by atoms with Gasteiger partial charge in [0.15, 0.2) is 0 Å². The van der Waals surface area contributed by atoms with Crippen LogP contribution in [0.5, 0.6) is 6.01 Å². The Labute approximate surface area is 281 Å². The van der Waals surface area contributed by atoms with E-state index in [1.54, 1.807) is 0 Å². The lowest BCUT2D eigenvalue weighted by molar-refractivity contribution is 0.265. The van der Waals surface area contributed by atoms with Gasteiger partial charge >= 0.3 is 6.01 Å². The maximum absolute atomic E-state index is 6.17. The van der Waals surface area contributed by atoms with Crippen molar-refractivity contribution in [3.8, 4) is 34.2 Å². The summed E-state index contributed by atoms with van der Waals surface area (Å²) in [5, 5.41) is 4.98. The van der Waals surface area contributed by atoms with Crippen molar-refractivity contribution in [2.75, 3.05) is 0 Å². The molecule has 1 aliphatic rings. The predicted octanol–water partition coefficient (Wildman–Crippen LogP) is 10.8.